The number of amides is 1. The zero-order chi connectivity index (χ0) is 22.8. The van der Waals surface area contributed by atoms with E-state index in [2.05, 4.69) is 34.5 Å². The van der Waals surface area contributed by atoms with Crippen molar-refractivity contribution in [3.05, 3.63) is 105 Å². The number of aromatic nitrogens is 1. The molecule has 0 aliphatic carbocycles. The average Bonchev–Trinajstić information content (AvgIpc) is 2.83. The largest absolute Gasteiger partial charge is 0.322 e. The molecule has 0 radical (unpaired) electrons. The molecule has 3 aromatic carbocycles. The summed E-state index contributed by atoms with van der Waals surface area (Å²) in [5.41, 5.74) is 5.42. The highest BCUT2D eigenvalue weighted by atomic mass is 35.5. The Bertz CT molecular complexity index is 1310. The van der Waals surface area contributed by atoms with Crippen LogP contribution >= 0.6 is 23.2 Å². The smallest absolute Gasteiger partial charge is 0.256 e. The molecule has 0 atom stereocenters. The van der Waals surface area contributed by atoms with Crippen molar-refractivity contribution in [1.82, 2.24) is 9.88 Å². The van der Waals surface area contributed by atoms with Crippen LogP contribution in [0.3, 0.4) is 0 Å². The van der Waals surface area contributed by atoms with Gasteiger partial charge in [-0.15, -0.1) is 0 Å². The summed E-state index contributed by atoms with van der Waals surface area (Å²) in [5, 5.41) is 5.02. The van der Waals surface area contributed by atoms with Crippen molar-refractivity contribution >= 4 is 45.7 Å². The first kappa shape index (κ1) is 21.9. The second kappa shape index (κ2) is 9.52. The van der Waals surface area contributed by atoms with Crippen LogP contribution in [0.5, 0.6) is 0 Å². The van der Waals surface area contributed by atoms with Crippen LogP contribution < -0.4 is 5.32 Å². The number of anilines is 1. The minimum absolute atomic E-state index is 0.159. The number of carbonyl (C=O) groups excluding carboxylic acids is 1. The molecule has 1 aliphatic rings. The summed E-state index contributed by atoms with van der Waals surface area (Å²) < 4.78 is 0. The number of pyridine rings is 1. The van der Waals surface area contributed by atoms with E-state index in [9.17, 15) is 4.79 Å². The summed E-state index contributed by atoms with van der Waals surface area (Å²) in [4.78, 5) is 20.8. The van der Waals surface area contributed by atoms with Gasteiger partial charge in [-0.3, -0.25) is 14.7 Å². The fourth-order valence-electron chi connectivity index (χ4n) is 4.38. The van der Waals surface area contributed by atoms with Crippen molar-refractivity contribution in [2.75, 3.05) is 18.4 Å². The molecule has 0 saturated carbocycles. The predicted molar refractivity (Wildman–Crippen MR) is 135 cm³/mol. The van der Waals surface area contributed by atoms with Crippen molar-refractivity contribution in [2.45, 2.75) is 19.4 Å². The van der Waals surface area contributed by atoms with E-state index in [1.54, 1.807) is 24.3 Å². The van der Waals surface area contributed by atoms with Gasteiger partial charge in [0.05, 0.1) is 11.1 Å². The van der Waals surface area contributed by atoms with Crippen molar-refractivity contribution in [3.8, 4) is 0 Å². The molecule has 166 valence electrons. The second-order valence-corrected chi connectivity index (χ2v) is 9.17. The van der Waals surface area contributed by atoms with E-state index in [4.69, 9.17) is 28.2 Å². The van der Waals surface area contributed by atoms with E-state index in [0.717, 1.165) is 48.1 Å². The third kappa shape index (κ3) is 4.88. The molecule has 0 saturated heterocycles. The van der Waals surface area contributed by atoms with Crippen LogP contribution in [0.15, 0.2) is 72.8 Å². The Labute approximate surface area is 203 Å². The van der Waals surface area contributed by atoms with Gasteiger partial charge in [0.15, 0.2) is 0 Å². The lowest BCUT2D eigenvalue weighted by molar-refractivity contribution is 0.102. The normalized spacial score (nSPS) is 13.6. The molecule has 33 heavy (non-hydrogen) atoms. The topological polar surface area (TPSA) is 45.2 Å². The summed E-state index contributed by atoms with van der Waals surface area (Å²) in [6, 6.07) is 23.2. The standard InChI is InChI=1S/C27H23Cl2N3O/c28-19-6-9-21(10-7-19)30-27(33)26-22-16-20(29)8-11-24(22)31-25-13-15-32(17-23(25)26)14-12-18-4-2-1-3-5-18/h1-11,16H,12-15,17H2,(H,30,33). The first-order valence-electron chi connectivity index (χ1n) is 11.0. The average molecular weight is 476 g/mol. The highest BCUT2D eigenvalue weighted by Gasteiger charge is 2.26. The van der Waals surface area contributed by atoms with Crippen LogP contribution in [-0.2, 0) is 19.4 Å². The van der Waals surface area contributed by atoms with Gasteiger partial charge in [-0.2, -0.15) is 0 Å². The van der Waals surface area contributed by atoms with Crippen LogP contribution in [-0.4, -0.2) is 28.9 Å². The van der Waals surface area contributed by atoms with Crippen molar-refractivity contribution in [1.29, 1.82) is 0 Å². The van der Waals surface area contributed by atoms with Crippen molar-refractivity contribution in [2.24, 2.45) is 0 Å². The minimum Gasteiger partial charge on any atom is -0.322 e. The van der Waals surface area contributed by atoms with Gasteiger partial charge in [0, 0.05) is 58.4 Å². The highest BCUT2D eigenvalue weighted by Crippen LogP contribution is 2.31. The van der Waals surface area contributed by atoms with Gasteiger partial charge in [0.25, 0.3) is 5.91 Å². The Kier molecular flexibility index (Phi) is 6.32. The molecule has 4 nitrogen and oxygen atoms in total. The maximum absolute atomic E-state index is 13.5. The Morgan fingerprint density at radius 3 is 2.52 bits per heavy atom. The van der Waals surface area contributed by atoms with Crippen LogP contribution in [0, 0.1) is 0 Å². The van der Waals surface area contributed by atoms with Crippen LogP contribution in [0.4, 0.5) is 5.69 Å². The SMILES string of the molecule is O=C(Nc1ccc(Cl)cc1)c1c2c(nc3ccc(Cl)cc13)CCN(CCc1ccccc1)C2. The van der Waals surface area contributed by atoms with Crippen LogP contribution in [0.25, 0.3) is 10.9 Å². The zero-order valence-corrected chi connectivity index (χ0v) is 19.5. The van der Waals surface area contributed by atoms with E-state index in [1.165, 1.54) is 5.56 Å². The van der Waals surface area contributed by atoms with Gasteiger partial charge in [-0.25, -0.2) is 0 Å². The lowest BCUT2D eigenvalue weighted by Gasteiger charge is -2.30. The summed E-state index contributed by atoms with van der Waals surface area (Å²) in [6.45, 7) is 2.53. The molecule has 1 aliphatic heterocycles. The highest BCUT2D eigenvalue weighted by molar-refractivity contribution is 6.31. The fraction of sp³-hybridized carbons (Fsp3) is 0.185. The number of nitrogens with one attached hydrogen (secondary N) is 1. The predicted octanol–water partition coefficient (Wildman–Crippen LogP) is 6.39. The Morgan fingerprint density at radius 1 is 0.970 bits per heavy atom. The molecule has 1 aromatic heterocycles. The number of benzene rings is 3. The maximum atomic E-state index is 13.5. The molecule has 4 aromatic rings. The van der Waals surface area contributed by atoms with Gasteiger partial charge in [0.2, 0.25) is 0 Å². The molecule has 1 amide bonds. The molecular weight excluding hydrogens is 453 g/mol. The molecular formula is C27H23Cl2N3O. The van der Waals surface area contributed by atoms with Crippen LogP contribution in [0.2, 0.25) is 10.0 Å². The number of fused-ring (bicyclic) bond motifs is 2. The summed E-state index contributed by atoms with van der Waals surface area (Å²) in [7, 11) is 0. The molecule has 0 bridgehead atoms. The minimum atomic E-state index is -0.159. The molecule has 1 N–H and O–H groups in total. The lowest BCUT2D eigenvalue weighted by atomic mass is 9.94. The number of hydrogen-bond acceptors (Lipinski definition) is 3. The summed E-state index contributed by atoms with van der Waals surface area (Å²) >= 11 is 12.3. The van der Waals surface area contributed by atoms with Crippen molar-refractivity contribution < 1.29 is 4.79 Å². The second-order valence-electron chi connectivity index (χ2n) is 8.30. The summed E-state index contributed by atoms with van der Waals surface area (Å²) in [5.74, 6) is -0.159. The molecule has 5 rings (SSSR count). The number of rotatable bonds is 5. The molecule has 0 fully saturated rings. The first-order chi connectivity index (χ1) is 16.1. The van der Waals surface area contributed by atoms with Gasteiger partial charge in [-0.1, -0.05) is 53.5 Å². The first-order valence-corrected chi connectivity index (χ1v) is 11.8. The Morgan fingerprint density at radius 2 is 1.73 bits per heavy atom. The quantitative estimate of drug-likeness (QED) is 0.363. The third-order valence-electron chi connectivity index (χ3n) is 6.07. The number of halogens is 2. The van der Waals surface area contributed by atoms with Gasteiger partial charge in [-0.05, 0) is 54.4 Å². The lowest BCUT2D eigenvalue weighted by Crippen LogP contribution is -2.34. The van der Waals surface area contributed by atoms with Crippen LogP contribution in [0.1, 0.15) is 27.2 Å². The van der Waals surface area contributed by atoms with E-state index in [-0.39, 0.29) is 5.91 Å². The third-order valence-corrected chi connectivity index (χ3v) is 6.56. The number of carbonyl (C=O) groups is 1. The summed E-state index contributed by atoms with van der Waals surface area (Å²) in [6.07, 6.45) is 1.78. The molecule has 0 unspecified atom stereocenters. The van der Waals surface area contributed by atoms with E-state index in [1.807, 2.05) is 24.3 Å². The zero-order valence-electron chi connectivity index (χ0n) is 18.0. The Hall–Kier alpha value is -2.92. The van der Waals surface area contributed by atoms with E-state index >= 15 is 0 Å². The number of hydrogen-bond donors (Lipinski definition) is 1. The van der Waals surface area contributed by atoms with Gasteiger partial charge in [0.1, 0.15) is 0 Å². The molecule has 2 heterocycles. The number of nitrogens with zero attached hydrogens (tertiary/aromatic N) is 2. The Balaban J connectivity index is 1.49. The maximum Gasteiger partial charge on any atom is 0.256 e. The monoisotopic (exact) mass is 475 g/mol. The van der Waals surface area contributed by atoms with Gasteiger partial charge >= 0.3 is 0 Å². The van der Waals surface area contributed by atoms with E-state index < -0.39 is 0 Å². The van der Waals surface area contributed by atoms with Gasteiger partial charge < -0.3 is 5.32 Å². The molecule has 0 spiro atoms. The van der Waals surface area contributed by atoms with E-state index in [0.29, 0.717) is 27.8 Å². The molecule has 6 heteroatoms. The fourth-order valence-corrected chi connectivity index (χ4v) is 4.68. The van der Waals surface area contributed by atoms with Crippen molar-refractivity contribution in [3.63, 3.8) is 0 Å².